The van der Waals surface area contributed by atoms with Crippen molar-refractivity contribution in [3.63, 3.8) is 0 Å². The maximum Gasteiger partial charge on any atom is 0.0512 e. The van der Waals surface area contributed by atoms with E-state index >= 15 is 0 Å². The van der Waals surface area contributed by atoms with Crippen LogP contribution in [0.25, 0.3) is 10.9 Å². The highest BCUT2D eigenvalue weighted by atomic mass is 14.9. The Morgan fingerprint density at radius 3 is 2.81 bits per heavy atom. The lowest BCUT2D eigenvalue weighted by atomic mass is 10.1. The third kappa shape index (κ3) is 1.85. The zero-order valence-electron chi connectivity index (χ0n) is 10.2. The first-order valence-corrected chi connectivity index (χ1v) is 6.05. The molecule has 1 aromatic carbocycles. The van der Waals surface area contributed by atoms with Crippen LogP contribution in [0.4, 0.5) is 0 Å². The predicted octanol–water partition coefficient (Wildman–Crippen LogP) is 2.86. The molecule has 2 aromatic rings. The van der Waals surface area contributed by atoms with Gasteiger partial charge in [0.1, 0.15) is 0 Å². The average Bonchev–Trinajstić information content (AvgIpc) is 2.66. The summed E-state index contributed by atoms with van der Waals surface area (Å²) in [6, 6.07) is 6.55. The largest absolute Gasteiger partial charge is 0.347 e. The lowest BCUT2D eigenvalue weighted by molar-refractivity contribution is 0.780. The summed E-state index contributed by atoms with van der Waals surface area (Å²) >= 11 is 0. The van der Waals surface area contributed by atoms with Gasteiger partial charge in [-0.05, 0) is 44.4 Å². The predicted molar refractivity (Wildman–Crippen MR) is 69.7 cm³/mol. The molecule has 0 radical (unpaired) electrons. The quantitative estimate of drug-likeness (QED) is 0.837. The van der Waals surface area contributed by atoms with Gasteiger partial charge >= 0.3 is 0 Å². The third-order valence-corrected chi connectivity index (χ3v) is 3.17. The van der Waals surface area contributed by atoms with Gasteiger partial charge in [-0.1, -0.05) is 18.2 Å². The molecule has 2 rings (SSSR count). The van der Waals surface area contributed by atoms with Crippen molar-refractivity contribution in [2.24, 2.45) is 5.73 Å². The second-order valence-corrected chi connectivity index (χ2v) is 4.30. The summed E-state index contributed by atoms with van der Waals surface area (Å²) in [6.45, 7) is 6.17. The Labute approximate surface area is 97.1 Å². The molecule has 2 N–H and O–H groups in total. The molecule has 0 bridgehead atoms. The van der Waals surface area contributed by atoms with E-state index in [0.29, 0.717) is 0 Å². The van der Waals surface area contributed by atoms with E-state index < -0.39 is 0 Å². The van der Waals surface area contributed by atoms with Gasteiger partial charge in [0.15, 0.2) is 0 Å². The smallest absolute Gasteiger partial charge is 0.0512 e. The summed E-state index contributed by atoms with van der Waals surface area (Å²) in [5.74, 6) is 0. The summed E-state index contributed by atoms with van der Waals surface area (Å²) in [7, 11) is 0. The number of rotatable bonds is 4. The van der Waals surface area contributed by atoms with Crippen molar-refractivity contribution in [3.05, 3.63) is 35.5 Å². The molecular formula is C14H20N2. The first-order valence-electron chi connectivity index (χ1n) is 6.05. The van der Waals surface area contributed by atoms with Crippen LogP contribution < -0.4 is 5.73 Å². The molecule has 0 aliphatic heterocycles. The highest BCUT2D eigenvalue weighted by Crippen LogP contribution is 2.25. The number of fused-ring (bicyclic) bond motifs is 1. The number of aromatic nitrogens is 1. The van der Waals surface area contributed by atoms with Gasteiger partial charge in [0.2, 0.25) is 0 Å². The van der Waals surface area contributed by atoms with E-state index in [1.165, 1.54) is 22.0 Å². The minimum Gasteiger partial charge on any atom is -0.347 e. The normalized spacial score (nSPS) is 11.2. The van der Waals surface area contributed by atoms with Crippen LogP contribution in [0, 0.1) is 6.92 Å². The molecule has 0 saturated carbocycles. The van der Waals surface area contributed by atoms with Gasteiger partial charge in [0, 0.05) is 18.1 Å². The topological polar surface area (TPSA) is 30.9 Å². The van der Waals surface area contributed by atoms with Gasteiger partial charge < -0.3 is 10.3 Å². The number of para-hydroxylation sites is 1. The van der Waals surface area contributed by atoms with Crippen molar-refractivity contribution in [3.8, 4) is 0 Å². The van der Waals surface area contributed by atoms with Crippen molar-refractivity contribution in [1.82, 2.24) is 4.57 Å². The minimum absolute atomic E-state index is 0.768. The van der Waals surface area contributed by atoms with Crippen molar-refractivity contribution in [1.29, 1.82) is 0 Å². The van der Waals surface area contributed by atoms with Crippen molar-refractivity contribution >= 4 is 10.9 Å². The van der Waals surface area contributed by atoms with Crippen LogP contribution in [0.1, 0.15) is 24.5 Å². The molecule has 0 spiro atoms. The summed E-state index contributed by atoms with van der Waals surface area (Å²) in [5.41, 5.74) is 9.76. The molecule has 16 heavy (non-hydrogen) atoms. The fraction of sp³-hybridized carbons (Fsp3) is 0.429. The van der Waals surface area contributed by atoms with E-state index in [9.17, 15) is 0 Å². The number of hydrogen-bond acceptors (Lipinski definition) is 1. The zero-order chi connectivity index (χ0) is 11.5. The van der Waals surface area contributed by atoms with Crippen LogP contribution in [0.3, 0.4) is 0 Å². The highest BCUT2D eigenvalue weighted by Gasteiger charge is 2.08. The number of hydrogen-bond donors (Lipinski definition) is 1. The molecule has 0 atom stereocenters. The molecule has 0 saturated heterocycles. The fourth-order valence-corrected chi connectivity index (χ4v) is 2.36. The van der Waals surface area contributed by atoms with Crippen LogP contribution in [0.5, 0.6) is 0 Å². The summed E-state index contributed by atoms with van der Waals surface area (Å²) < 4.78 is 2.34. The second-order valence-electron chi connectivity index (χ2n) is 4.30. The highest BCUT2D eigenvalue weighted by molar-refractivity contribution is 5.86. The Bertz CT molecular complexity index is 483. The molecule has 0 aliphatic carbocycles. The number of benzene rings is 1. The van der Waals surface area contributed by atoms with Gasteiger partial charge in [-0.2, -0.15) is 0 Å². The first kappa shape index (κ1) is 11.2. The molecule has 86 valence electrons. The van der Waals surface area contributed by atoms with E-state index in [2.05, 4.69) is 42.8 Å². The fourth-order valence-electron chi connectivity index (χ4n) is 2.36. The van der Waals surface area contributed by atoms with Crippen LogP contribution >= 0.6 is 0 Å². The number of nitrogens with zero attached hydrogens (tertiary/aromatic N) is 1. The van der Waals surface area contributed by atoms with Crippen LogP contribution in [0.15, 0.2) is 24.4 Å². The van der Waals surface area contributed by atoms with E-state index in [-0.39, 0.29) is 0 Å². The average molecular weight is 216 g/mol. The lowest BCUT2D eigenvalue weighted by Crippen LogP contribution is -1.99. The van der Waals surface area contributed by atoms with Crippen molar-refractivity contribution in [2.75, 3.05) is 6.54 Å². The maximum absolute atomic E-state index is 5.58. The molecule has 1 aromatic heterocycles. The van der Waals surface area contributed by atoms with Crippen LogP contribution in [-0.4, -0.2) is 11.1 Å². The van der Waals surface area contributed by atoms with Gasteiger partial charge in [0.25, 0.3) is 0 Å². The van der Waals surface area contributed by atoms with Crippen LogP contribution in [0.2, 0.25) is 0 Å². The van der Waals surface area contributed by atoms with Crippen molar-refractivity contribution in [2.45, 2.75) is 33.2 Å². The van der Waals surface area contributed by atoms with Gasteiger partial charge in [-0.25, -0.2) is 0 Å². The monoisotopic (exact) mass is 216 g/mol. The Balaban J connectivity index is 2.54. The SMILES string of the molecule is CCn1cc(CCCN)c2cccc(C)c21. The van der Waals surface area contributed by atoms with E-state index in [4.69, 9.17) is 5.73 Å². The molecule has 0 fully saturated rings. The molecule has 2 heteroatoms. The Hall–Kier alpha value is -1.28. The Morgan fingerprint density at radius 1 is 1.31 bits per heavy atom. The van der Waals surface area contributed by atoms with Gasteiger partial charge in [-0.3, -0.25) is 0 Å². The molecule has 1 heterocycles. The van der Waals surface area contributed by atoms with Crippen molar-refractivity contribution < 1.29 is 0 Å². The Morgan fingerprint density at radius 2 is 2.12 bits per heavy atom. The molecular weight excluding hydrogens is 196 g/mol. The lowest BCUT2D eigenvalue weighted by Gasteiger charge is -2.03. The van der Waals surface area contributed by atoms with Gasteiger partial charge in [0.05, 0.1) is 5.52 Å². The van der Waals surface area contributed by atoms with E-state index in [1.54, 1.807) is 0 Å². The summed E-state index contributed by atoms with van der Waals surface area (Å²) in [6.07, 6.45) is 4.44. The third-order valence-electron chi connectivity index (χ3n) is 3.17. The van der Waals surface area contributed by atoms with Gasteiger partial charge in [-0.15, -0.1) is 0 Å². The molecule has 0 amide bonds. The zero-order valence-corrected chi connectivity index (χ0v) is 10.2. The minimum atomic E-state index is 0.768. The standard InChI is InChI=1S/C14H20N2/c1-3-16-10-12(7-5-9-15)13-8-4-6-11(2)14(13)16/h4,6,8,10H,3,5,7,9,15H2,1-2H3. The second kappa shape index (κ2) is 4.71. The van der Waals surface area contributed by atoms with E-state index in [0.717, 1.165) is 25.9 Å². The summed E-state index contributed by atoms with van der Waals surface area (Å²) in [4.78, 5) is 0. The Kier molecular flexibility index (Phi) is 3.30. The number of nitrogens with two attached hydrogens (primary N) is 1. The first-order chi connectivity index (χ1) is 7.77. The van der Waals surface area contributed by atoms with E-state index in [1.807, 2.05) is 0 Å². The van der Waals surface area contributed by atoms with Crippen LogP contribution in [-0.2, 0) is 13.0 Å². The maximum atomic E-state index is 5.58. The summed E-state index contributed by atoms with van der Waals surface area (Å²) in [5, 5.41) is 1.40. The molecule has 2 nitrogen and oxygen atoms in total. The molecule has 0 aliphatic rings. The number of aryl methyl sites for hydroxylation is 3. The molecule has 0 unspecified atom stereocenters.